The molecule has 0 unspecified atom stereocenters. The smallest absolute Gasteiger partial charge is 0.367 e. The summed E-state index contributed by atoms with van der Waals surface area (Å²) < 4.78 is 39.4. The molecular formula is C17H16F3N7O. The molecule has 0 bridgehead atoms. The zero-order valence-electron chi connectivity index (χ0n) is 14.8. The van der Waals surface area contributed by atoms with Crippen molar-refractivity contribution < 1.29 is 18.0 Å². The Morgan fingerprint density at radius 1 is 1.29 bits per heavy atom. The Hall–Kier alpha value is -3.24. The predicted molar refractivity (Wildman–Crippen MR) is 92.7 cm³/mol. The van der Waals surface area contributed by atoms with Crippen molar-refractivity contribution in [1.82, 2.24) is 29.9 Å². The predicted octanol–water partition coefficient (Wildman–Crippen LogP) is 2.22. The molecule has 1 amide bonds. The number of pyridine rings is 1. The van der Waals surface area contributed by atoms with E-state index < -0.39 is 23.2 Å². The van der Waals surface area contributed by atoms with E-state index >= 15 is 0 Å². The number of anilines is 1. The van der Waals surface area contributed by atoms with Crippen molar-refractivity contribution in [2.24, 2.45) is 0 Å². The van der Waals surface area contributed by atoms with E-state index in [0.717, 1.165) is 30.7 Å². The lowest BCUT2D eigenvalue weighted by Gasteiger charge is -2.19. The van der Waals surface area contributed by atoms with Crippen molar-refractivity contribution in [3.05, 3.63) is 47.7 Å². The monoisotopic (exact) mass is 391 g/mol. The summed E-state index contributed by atoms with van der Waals surface area (Å²) in [4.78, 5) is 24.3. The van der Waals surface area contributed by atoms with Crippen LogP contribution in [0, 0.1) is 6.92 Å². The third-order valence-corrected chi connectivity index (χ3v) is 4.54. The largest absolute Gasteiger partial charge is 0.417 e. The lowest BCUT2D eigenvalue weighted by atomic mass is 10.2. The first-order chi connectivity index (χ1) is 13.3. The van der Waals surface area contributed by atoms with Crippen molar-refractivity contribution in [2.75, 3.05) is 11.9 Å². The highest BCUT2D eigenvalue weighted by Crippen LogP contribution is 2.36. The van der Waals surface area contributed by atoms with Gasteiger partial charge in [0, 0.05) is 24.5 Å². The number of carbonyl (C=O) groups excluding carboxylic acids is 1. The number of alkyl halides is 3. The quantitative estimate of drug-likeness (QED) is 0.692. The number of fused-ring (bicyclic) bond motifs is 1. The van der Waals surface area contributed by atoms with Crippen molar-refractivity contribution in [1.29, 1.82) is 0 Å². The standard InChI is InChI=1S/C17H16F3N7O/c1-10-6-13(27-15(25-10)23-9-24-27)22-8-16(4-5-16)26-14(28)12-3-2-11(7-21-12)17(18,19)20/h2-3,6-7,9,22H,4-5,8H2,1H3,(H,26,28). The molecule has 1 saturated carbocycles. The van der Waals surface area contributed by atoms with Crippen LogP contribution >= 0.6 is 0 Å². The molecule has 8 nitrogen and oxygen atoms in total. The van der Waals surface area contributed by atoms with Crippen LogP contribution in [0.4, 0.5) is 19.0 Å². The number of hydrogen-bond donors (Lipinski definition) is 2. The summed E-state index contributed by atoms with van der Waals surface area (Å²) in [5, 5.41) is 10.2. The third kappa shape index (κ3) is 3.59. The molecule has 1 aliphatic rings. The van der Waals surface area contributed by atoms with E-state index in [1.54, 1.807) is 4.52 Å². The first-order valence-electron chi connectivity index (χ1n) is 8.53. The van der Waals surface area contributed by atoms with Crippen LogP contribution in [0.1, 0.15) is 34.6 Å². The molecule has 1 aliphatic carbocycles. The Bertz CT molecular complexity index is 1030. The maximum Gasteiger partial charge on any atom is 0.417 e. The molecular weight excluding hydrogens is 375 g/mol. The van der Waals surface area contributed by atoms with Gasteiger partial charge in [0.05, 0.1) is 11.1 Å². The van der Waals surface area contributed by atoms with Gasteiger partial charge in [-0.3, -0.25) is 9.78 Å². The molecule has 0 spiro atoms. The number of nitrogens with one attached hydrogen (secondary N) is 2. The summed E-state index contributed by atoms with van der Waals surface area (Å²) in [5.41, 5.74) is -0.661. The molecule has 1 fully saturated rings. The molecule has 0 atom stereocenters. The number of carbonyl (C=O) groups is 1. The second-order valence-electron chi connectivity index (χ2n) is 6.77. The van der Waals surface area contributed by atoms with Crippen molar-refractivity contribution >= 4 is 17.5 Å². The molecule has 3 heterocycles. The van der Waals surface area contributed by atoms with Crippen molar-refractivity contribution in [3.63, 3.8) is 0 Å². The Kier molecular flexibility index (Phi) is 4.16. The van der Waals surface area contributed by atoms with Crippen LogP contribution in [0.25, 0.3) is 5.78 Å². The van der Waals surface area contributed by atoms with E-state index in [9.17, 15) is 18.0 Å². The van der Waals surface area contributed by atoms with Gasteiger partial charge in [0.1, 0.15) is 17.8 Å². The van der Waals surface area contributed by atoms with Crippen LogP contribution in [0.15, 0.2) is 30.7 Å². The Labute approximate surface area is 157 Å². The van der Waals surface area contributed by atoms with Gasteiger partial charge in [-0.1, -0.05) is 0 Å². The summed E-state index contributed by atoms with van der Waals surface area (Å²) in [6.07, 6.45) is -0.932. The molecule has 0 saturated heterocycles. The van der Waals surface area contributed by atoms with Gasteiger partial charge in [-0.2, -0.15) is 27.8 Å². The fourth-order valence-electron chi connectivity index (χ4n) is 2.81. The van der Waals surface area contributed by atoms with Gasteiger partial charge in [-0.05, 0) is 31.9 Å². The summed E-state index contributed by atoms with van der Waals surface area (Å²) >= 11 is 0. The minimum Gasteiger partial charge on any atom is -0.367 e. The van der Waals surface area contributed by atoms with Crippen molar-refractivity contribution in [2.45, 2.75) is 31.5 Å². The normalized spacial score (nSPS) is 15.4. The number of amides is 1. The Morgan fingerprint density at radius 3 is 2.71 bits per heavy atom. The van der Waals surface area contributed by atoms with Crippen LogP contribution in [-0.2, 0) is 6.18 Å². The fourth-order valence-corrected chi connectivity index (χ4v) is 2.81. The highest BCUT2D eigenvalue weighted by atomic mass is 19.4. The highest BCUT2D eigenvalue weighted by molar-refractivity contribution is 5.93. The summed E-state index contributed by atoms with van der Waals surface area (Å²) in [5.74, 6) is 0.642. The molecule has 3 aromatic heterocycles. The van der Waals surface area contributed by atoms with Gasteiger partial charge < -0.3 is 10.6 Å². The van der Waals surface area contributed by atoms with Crippen LogP contribution in [-0.4, -0.2) is 42.6 Å². The highest BCUT2D eigenvalue weighted by Gasteiger charge is 2.44. The third-order valence-electron chi connectivity index (χ3n) is 4.54. The number of aromatic nitrogens is 5. The summed E-state index contributed by atoms with van der Waals surface area (Å²) in [7, 11) is 0. The zero-order chi connectivity index (χ0) is 19.9. The van der Waals surface area contributed by atoms with Crippen molar-refractivity contribution in [3.8, 4) is 0 Å². The van der Waals surface area contributed by atoms with E-state index in [1.165, 1.54) is 6.33 Å². The number of aryl methyl sites for hydroxylation is 1. The SMILES string of the molecule is Cc1cc(NCC2(NC(=O)c3ccc(C(F)(F)F)cn3)CC2)n2ncnc2n1. The van der Waals surface area contributed by atoms with Gasteiger partial charge in [-0.15, -0.1) is 0 Å². The maximum atomic E-state index is 12.6. The van der Waals surface area contributed by atoms with Gasteiger partial charge >= 0.3 is 6.18 Å². The lowest BCUT2D eigenvalue weighted by Crippen LogP contribution is -2.42. The fraction of sp³-hybridized carbons (Fsp3) is 0.353. The van der Waals surface area contributed by atoms with E-state index in [2.05, 4.69) is 30.7 Å². The van der Waals surface area contributed by atoms with E-state index in [1.807, 2.05) is 13.0 Å². The lowest BCUT2D eigenvalue weighted by molar-refractivity contribution is -0.137. The zero-order valence-corrected chi connectivity index (χ0v) is 14.8. The number of rotatable bonds is 5. The van der Waals surface area contributed by atoms with Gasteiger partial charge in [0.15, 0.2) is 0 Å². The number of hydrogen-bond acceptors (Lipinski definition) is 6. The minimum atomic E-state index is -4.49. The molecule has 4 rings (SSSR count). The van der Waals surface area contributed by atoms with Gasteiger partial charge in [0.25, 0.3) is 11.7 Å². The molecule has 28 heavy (non-hydrogen) atoms. The van der Waals surface area contributed by atoms with Gasteiger partial charge in [0.2, 0.25) is 0 Å². The van der Waals surface area contributed by atoms with E-state index in [-0.39, 0.29) is 5.69 Å². The van der Waals surface area contributed by atoms with Crippen LogP contribution in [0.3, 0.4) is 0 Å². The summed E-state index contributed by atoms with van der Waals surface area (Å²) in [6.45, 7) is 2.27. The van der Waals surface area contributed by atoms with Crippen LogP contribution in [0.5, 0.6) is 0 Å². The second kappa shape index (κ2) is 6.43. The molecule has 3 aromatic rings. The first-order valence-corrected chi connectivity index (χ1v) is 8.53. The second-order valence-corrected chi connectivity index (χ2v) is 6.77. The molecule has 0 aromatic carbocycles. The van der Waals surface area contributed by atoms with Gasteiger partial charge in [-0.25, -0.2) is 4.98 Å². The summed E-state index contributed by atoms with van der Waals surface area (Å²) in [6, 6.07) is 3.74. The number of halogens is 3. The Morgan fingerprint density at radius 2 is 2.07 bits per heavy atom. The molecule has 2 N–H and O–H groups in total. The number of nitrogens with zero attached hydrogens (tertiary/aromatic N) is 5. The molecule has 0 radical (unpaired) electrons. The average Bonchev–Trinajstić information content (AvgIpc) is 3.24. The van der Waals surface area contributed by atoms with Crippen LogP contribution in [0.2, 0.25) is 0 Å². The molecule has 0 aliphatic heterocycles. The first kappa shape index (κ1) is 18.1. The maximum absolute atomic E-state index is 12.6. The average molecular weight is 391 g/mol. The van der Waals surface area contributed by atoms with E-state index in [0.29, 0.717) is 24.3 Å². The van der Waals surface area contributed by atoms with E-state index in [4.69, 9.17) is 0 Å². The molecule has 11 heteroatoms. The Balaban J connectivity index is 1.43. The minimum absolute atomic E-state index is 0.0577. The topological polar surface area (TPSA) is 97.1 Å². The molecule has 146 valence electrons. The van der Waals surface area contributed by atoms with Crippen LogP contribution < -0.4 is 10.6 Å².